The minimum absolute atomic E-state index is 0.565. The van der Waals surface area contributed by atoms with Crippen molar-refractivity contribution in [3.8, 4) is 0 Å². The van der Waals surface area contributed by atoms with E-state index in [-0.39, 0.29) is 0 Å². The van der Waals surface area contributed by atoms with Crippen LogP contribution in [0.25, 0.3) is 0 Å². The standard InChI is InChI=1S/C16H23N5/c1-12-10-13(2)21(20-12)11-16-17-9-8-15(19-16)18-14-6-4-3-5-7-14/h8-10,14H,3-7,11H2,1-2H3,(H,17,18,19). The molecule has 0 unspecified atom stereocenters. The van der Waals surface area contributed by atoms with Crippen LogP contribution in [0.3, 0.4) is 0 Å². The van der Waals surface area contributed by atoms with Crippen LogP contribution in [0.2, 0.25) is 0 Å². The summed E-state index contributed by atoms with van der Waals surface area (Å²) in [6.07, 6.45) is 8.33. The molecular formula is C16H23N5. The van der Waals surface area contributed by atoms with Crippen molar-refractivity contribution in [3.05, 3.63) is 35.5 Å². The van der Waals surface area contributed by atoms with E-state index in [0.717, 1.165) is 23.0 Å². The molecule has 2 aromatic heterocycles. The topological polar surface area (TPSA) is 55.6 Å². The summed E-state index contributed by atoms with van der Waals surface area (Å²) in [4.78, 5) is 9.00. The van der Waals surface area contributed by atoms with Gasteiger partial charge in [-0.1, -0.05) is 19.3 Å². The summed E-state index contributed by atoms with van der Waals surface area (Å²) in [6, 6.07) is 4.60. The van der Waals surface area contributed by atoms with Crippen molar-refractivity contribution >= 4 is 5.82 Å². The monoisotopic (exact) mass is 285 g/mol. The van der Waals surface area contributed by atoms with Gasteiger partial charge in [-0.2, -0.15) is 5.10 Å². The highest BCUT2D eigenvalue weighted by Gasteiger charge is 2.13. The van der Waals surface area contributed by atoms with Crippen molar-refractivity contribution < 1.29 is 0 Å². The van der Waals surface area contributed by atoms with Gasteiger partial charge in [0.25, 0.3) is 0 Å². The first-order valence-corrected chi connectivity index (χ1v) is 7.80. The number of aromatic nitrogens is 4. The SMILES string of the molecule is Cc1cc(C)n(Cc2nccc(NC3CCCCC3)n2)n1. The smallest absolute Gasteiger partial charge is 0.152 e. The molecule has 5 heteroatoms. The van der Waals surface area contributed by atoms with Gasteiger partial charge < -0.3 is 5.32 Å². The van der Waals surface area contributed by atoms with Gasteiger partial charge in [0.05, 0.1) is 5.69 Å². The van der Waals surface area contributed by atoms with Crippen molar-refractivity contribution in [1.82, 2.24) is 19.7 Å². The second kappa shape index (κ2) is 6.24. The summed E-state index contributed by atoms with van der Waals surface area (Å²) >= 11 is 0. The molecule has 0 radical (unpaired) electrons. The fourth-order valence-corrected chi connectivity index (χ4v) is 2.98. The van der Waals surface area contributed by atoms with Gasteiger partial charge >= 0.3 is 0 Å². The molecule has 0 saturated heterocycles. The van der Waals surface area contributed by atoms with Crippen molar-refractivity contribution in [2.45, 2.75) is 58.5 Å². The van der Waals surface area contributed by atoms with E-state index in [1.807, 2.05) is 23.9 Å². The fourth-order valence-electron chi connectivity index (χ4n) is 2.98. The van der Waals surface area contributed by atoms with Crippen LogP contribution in [0.1, 0.15) is 49.3 Å². The minimum Gasteiger partial charge on any atom is -0.367 e. The Morgan fingerprint density at radius 1 is 1.24 bits per heavy atom. The van der Waals surface area contributed by atoms with Crippen molar-refractivity contribution in [2.75, 3.05) is 5.32 Å². The van der Waals surface area contributed by atoms with Crippen LogP contribution in [0.4, 0.5) is 5.82 Å². The van der Waals surface area contributed by atoms with Crippen molar-refractivity contribution in [2.24, 2.45) is 0 Å². The zero-order chi connectivity index (χ0) is 14.7. The van der Waals surface area contributed by atoms with E-state index >= 15 is 0 Å². The lowest BCUT2D eigenvalue weighted by Crippen LogP contribution is -2.23. The lowest BCUT2D eigenvalue weighted by atomic mass is 9.95. The number of rotatable bonds is 4. The second-order valence-electron chi connectivity index (χ2n) is 5.92. The molecule has 1 saturated carbocycles. The molecule has 5 nitrogen and oxygen atoms in total. The predicted octanol–water partition coefficient (Wildman–Crippen LogP) is 3.08. The summed E-state index contributed by atoms with van der Waals surface area (Å²) in [5.74, 6) is 1.75. The molecule has 2 heterocycles. The number of aryl methyl sites for hydroxylation is 2. The third-order valence-corrected chi connectivity index (χ3v) is 4.06. The zero-order valence-electron chi connectivity index (χ0n) is 12.8. The quantitative estimate of drug-likeness (QED) is 0.938. The molecule has 1 aliphatic rings. The van der Waals surface area contributed by atoms with E-state index in [1.165, 1.54) is 32.1 Å². The molecule has 0 aromatic carbocycles. The van der Waals surface area contributed by atoms with E-state index in [1.54, 1.807) is 0 Å². The Kier molecular flexibility index (Phi) is 4.18. The number of nitrogens with zero attached hydrogens (tertiary/aromatic N) is 4. The van der Waals surface area contributed by atoms with Crippen LogP contribution >= 0.6 is 0 Å². The van der Waals surface area contributed by atoms with E-state index in [2.05, 4.69) is 33.4 Å². The first kappa shape index (κ1) is 14.0. The van der Waals surface area contributed by atoms with Gasteiger partial charge in [-0.25, -0.2) is 9.97 Å². The van der Waals surface area contributed by atoms with Gasteiger partial charge in [-0.3, -0.25) is 4.68 Å². The third kappa shape index (κ3) is 3.60. The van der Waals surface area contributed by atoms with Crippen LogP contribution in [0.15, 0.2) is 18.3 Å². The van der Waals surface area contributed by atoms with Gasteiger partial charge in [-0.15, -0.1) is 0 Å². The second-order valence-corrected chi connectivity index (χ2v) is 5.92. The van der Waals surface area contributed by atoms with Crippen LogP contribution in [0.5, 0.6) is 0 Å². The van der Waals surface area contributed by atoms with Gasteiger partial charge in [0.1, 0.15) is 12.4 Å². The molecule has 112 valence electrons. The number of hydrogen-bond donors (Lipinski definition) is 1. The van der Waals surface area contributed by atoms with Crippen molar-refractivity contribution in [3.63, 3.8) is 0 Å². The average molecular weight is 285 g/mol. The molecule has 0 amide bonds. The molecule has 0 aliphatic heterocycles. The van der Waals surface area contributed by atoms with E-state index in [0.29, 0.717) is 12.6 Å². The van der Waals surface area contributed by atoms with Crippen molar-refractivity contribution in [1.29, 1.82) is 0 Å². The molecule has 1 aliphatic carbocycles. The first-order chi connectivity index (χ1) is 10.2. The summed E-state index contributed by atoms with van der Waals surface area (Å²) in [5.41, 5.74) is 2.17. The number of nitrogens with one attached hydrogen (secondary N) is 1. The van der Waals surface area contributed by atoms with Gasteiger partial charge in [0.2, 0.25) is 0 Å². The maximum absolute atomic E-state index is 4.63. The minimum atomic E-state index is 0.565. The molecule has 3 rings (SSSR count). The van der Waals surface area contributed by atoms with Crippen LogP contribution < -0.4 is 5.32 Å². The molecule has 0 spiro atoms. The van der Waals surface area contributed by atoms with Crippen LogP contribution in [-0.4, -0.2) is 25.8 Å². The van der Waals surface area contributed by atoms with Crippen LogP contribution in [-0.2, 0) is 6.54 Å². The van der Waals surface area contributed by atoms with E-state index < -0.39 is 0 Å². The Balaban J connectivity index is 1.69. The molecule has 1 N–H and O–H groups in total. The molecule has 21 heavy (non-hydrogen) atoms. The first-order valence-electron chi connectivity index (χ1n) is 7.80. The van der Waals surface area contributed by atoms with E-state index in [9.17, 15) is 0 Å². The maximum atomic E-state index is 4.63. The lowest BCUT2D eigenvalue weighted by Gasteiger charge is -2.23. The molecule has 0 atom stereocenters. The number of hydrogen-bond acceptors (Lipinski definition) is 4. The third-order valence-electron chi connectivity index (χ3n) is 4.06. The molecule has 1 fully saturated rings. The Labute approximate surface area is 125 Å². The van der Waals surface area contributed by atoms with E-state index in [4.69, 9.17) is 0 Å². The molecule has 0 bridgehead atoms. The summed E-state index contributed by atoms with van der Waals surface area (Å²) < 4.78 is 1.95. The fraction of sp³-hybridized carbons (Fsp3) is 0.562. The average Bonchev–Trinajstić information content (AvgIpc) is 2.78. The molecule has 2 aromatic rings. The highest BCUT2D eigenvalue weighted by molar-refractivity contribution is 5.34. The normalized spacial score (nSPS) is 16.1. The summed E-state index contributed by atoms with van der Waals surface area (Å²) in [5, 5.41) is 8.01. The predicted molar refractivity (Wildman–Crippen MR) is 83.3 cm³/mol. The number of anilines is 1. The Bertz CT molecular complexity index is 598. The summed E-state index contributed by atoms with van der Waals surface area (Å²) in [7, 11) is 0. The Hall–Kier alpha value is -1.91. The maximum Gasteiger partial charge on any atom is 0.152 e. The van der Waals surface area contributed by atoms with Gasteiger partial charge in [0.15, 0.2) is 5.82 Å². The Morgan fingerprint density at radius 2 is 2.05 bits per heavy atom. The largest absolute Gasteiger partial charge is 0.367 e. The Morgan fingerprint density at radius 3 is 2.76 bits per heavy atom. The zero-order valence-corrected chi connectivity index (χ0v) is 12.8. The van der Waals surface area contributed by atoms with Gasteiger partial charge in [0, 0.05) is 17.9 Å². The summed E-state index contributed by atoms with van der Waals surface area (Å²) in [6.45, 7) is 4.69. The van der Waals surface area contributed by atoms with Crippen LogP contribution in [0, 0.1) is 13.8 Å². The molecular weight excluding hydrogens is 262 g/mol. The highest BCUT2D eigenvalue weighted by atomic mass is 15.3. The van der Waals surface area contributed by atoms with Gasteiger partial charge in [-0.05, 0) is 38.8 Å². The highest BCUT2D eigenvalue weighted by Crippen LogP contribution is 2.20. The lowest BCUT2D eigenvalue weighted by molar-refractivity contribution is 0.461.